The van der Waals surface area contributed by atoms with Crippen LogP contribution in [-0.4, -0.2) is 33.8 Å². The normalized spacial score (nSPS) is 30.5. The number of hydrogen-bond donors (Lipinski definition) is 2. The highest BCUT2D eigenvalue weighted by Crippen LogP contribution is 2.34. The summed E-state index contributed by atoms with van der Waals surface area (Å²) in [5.41, 5.74) is 0. The van der Waals surface area contributed by atoms with Crippen LogP contribution in [0.2, 0.25) is 0 Å². The SMILES string of the molecule is CSSCC1(O)CNC(=O)S1. The van der Waals surface area contributed by atoms with Gasteiger partial charge in [0.15, 0.2) is 0 Å². The molecule has 0 aromatic carbocycles. The summed E-state index contributed by atoms with van der Waals surface area (Å²) in [5.74, 6) is 0.581. The summed E-state index contributed by atoms with van der Waals surface area (Å²) in [6.45, 7) is 0.365. The molecule has 0 radical (unpaired) electrons. The Hall–Kier alpha value is 0.480. The van der Waals surface area contributed by atoms with Crippen molar-refractivity contribution in [2.75, 3.05) is 18.6 Å². The van der Waals surface area contributed by atoms with E-state index in [-0.39, 0.29) is 5.24 Å². The van der Waals surface area contributed by atoms with Crippen molar-refractivity contribution in [3.8, 4) is 0 Å². The molecule has 1 amide bonds. The van der Waals surface area contributed by atoms with Crippen molar-refractivity contribution in [3.05, 3.63) is 0 Å². The lowest BCUT2D eigenvalue weighted by Gasteiger charge is -2.16. The van der Waals surface area contributed by atoms with Crippen LogP contribution in [0.3, 0.4) is 0 Å². The third-order valence-electron chi connectivity index (χ3n) is 1.19. The predicted molar refractivity (Wildman–Crippen MR) is 51.9 cm³/mol. The summed E-state index contributed by atoms with van der Waals surface area (Å²) in [7, 11) is 3.15. The lowest BCUT2D eigenvalue weighted by Crippen LogP contribution is -2.31. The monoisotopic (exact) mass is 211 g/mol. The van der Waals surface area contributed by atoms with Crippen LogP contribution in [0.25, 0.3) is 0 Å². The van der Waals surface area contributed by atoms with E-state index in [9.17, 15) is 9.90 Å². The molecule has 1 heterocycles. The third kappa shape index (κ3) is 2.77. The summed E-state index contributed by atoms with van der Waals surface area (Å²) in [5, 5.41) is 12.1. The van der Waals surface area contributed by atoms with Crippen LogP contribution in [0, 0.1) is 0 Å². The lowest BCUT2D eigenvalue weighted by atomic mass is 10.4. The summed E-state index contributed by atoms with van der Waals surface area (Å²) < 4.78 is 0. The minimum Gasteiger partial charge on any atom is -0.376 e. The van der Waals surface area contributed by atoms with Gasteiger partial charge in [-0.15, -0.1) is 0 Å². The Labute approximate surface area is 77.5 Å². The zero-order valence-electron chi connectivity index (χ0n) is 5.99. The standard InChI is InChI=1S/C5H9NO2S3/c1-9-10-3-5(8)2-6-4(7)11-5/h8H,2-3H2,1H3,(H,6,7). The maximum atomic E-state index is 10.7. The average Bonchev–Trinajstić information content (AvgIpc) is 2.28. The Bertz CT molecular complexity index is 166. The molecule has 0 saturated carbocycles. The average molecular weight is 211 g/mol. The van der Waals surface area contributed by atoms with E-state index in [1.807, 2.05) is 6.26 Å². The van der Waals surface area contributed by atoms with Crippen LogP contribution in [0.5, 0.6) is 0 Å². The van der Waals surface area contributed by atoms with E-state index in [2.05, 4.69) is 5.32 Å². The molecule has 11 heavy (non-hydrogen) atoms. The molecule has 0 spiro atoms. The summed E-state index contributed by atoms with van der Waals surface area (Å²) in [6.07, 6.45) is 1.95. The summed E-state index contributed by atoms with van der Waals surface area (Å²) in [6, 6.07) is 0. The summed E-state index contributed by atoms with van der Waals surface area (Å²) >= 11 is 0.979. The van der Waals surface area contributed by atoms with Gasteiger partial charge in [-0.1, -0.05) is 21.6 Å². The molecule has 1 saturated heterocycles. The smallest absolute Gasteiger partial charge is 0.282 e. The molecule has 1 aliphatic rings. The Balaban J connectivity index is 2.35. The van der Waals surface area contributed by atoms with Crippen LogP contribution >= 0.6 is 33.3 Å². The molecule has 1 aliphatic heterocycles. The minimum absolute atomic E-state index is 0.130. The van der Waals surface area contributed by atoms with Crippen molar-refractivity contribution in [3.63, 3.8) is 0 Å². The highest BCUT2D eigenvalue weighted by Gasteiger charge is 2.37. The van der Waals surface area contributed by atoms with Crippen molar-refractivity contribution < 1.29 is 9.90 Å². The second-order valence-electron chi connectivity index (χ2n) is 2.12. The van der Waals surface area contributed by atoms with Crippen molar-refractivity contribution in [1.29, 1.82) is 0 Å². The van der Waals surface area contributed by atoms with Crippen molar-refractivity contribution in [1.82, 2.24) is 5.32 Å². The molecule has 3 nitrogen and oxygen atoms in total. The first-order valence-electron chi connectivity index (χ1n) is 3.01. The minimum atomic E-state index is -0.884. The highest BCUT2D eigenvalue weighted by molar-refractivity contribution is 8.76. The first kappa shape index (κ1) is 9.57. The second-order valence-corrected chi connectivity index (χ2v) is 6.02. The highest BCUT2D eigenvalue weighted by atomic mass is 33.1. The molecule has 1 fully saturated rings. The summed E-state index contributed by atoms with van der Waals surface area (Å²) in [4.78, 5) is 9.81. The first-order chi connectivity index (χ1) is 5.16. The number of thioether (sulfide) groups is 1. The van der Waals surface area contributed by atoms with E-state index >= 15 is 0 Å². The lowest BCUT2D eigenvalue weighted by molar-refractivity contribution is 0.171. The number of aliphatic hydroxyl groups is 1. The van der Waals surface area contributed by atoms with Gasteiger partial charge in [0.25, 0.3) is 5.24 Å². The Morgan fingerprint density at radius 3 is 3.09 bits per heavy atom. The molecular formula is C5H9NO2S3. The van der Waals surface area contributed by atoms with Crippen LogP contribution in [0.4, 0.5) is 4.79 Å². The first-order valence-corrected chi connectivity index (χ1v) is 6.55. The van der Waals surface area contributed by atoms with Gasteiger partial charge >= 0.3 is 0 Å². The van der Waals surface area contributed by atoms with Crippen LogP contribution in [-0.2, 0) is 0 Å². The molecular weight excluding hydrogens is 202 g/mol. The number of carbonyl (C=O) groups excluding carboxylic acids is 1. The maximum Gasteiger partial charge on any atom is 0.282 e. The Morgan fingerprint density at radius 1 is 1.91 bits per heavy atom. The van der Waals surface area contributed by atoms with Gasteiger partial charge in [-0.05, 0) is 18.0 Å². The molecule has 1 atom stereocenters. The van der Waals surface area contributed by atoms with Gasteiger partial charge in [0, 0.05) is 5.75 Å². The van der Waals surface area contributed by atoms with Gasteiger partial charge in [0.2, 0.25) is 0 Å². The maximum absolute atomic E-state index is 10.7. The number of nitrogens with one attached hydrogen (secondary N) is 1. The van der Waals surface area contributed by atoms with Crippen LogP contribution < -0.4 is 5.32 Å². The van der Waals surface area contributed by atoms with Gasteiger partial charge < -0.3 is 10.4 Å². The van der Waals surface area contributed by atoms with E-state index in [0.717, 1.165) is 11.8 Å². The Kier molecular flexibility index (Phi) is 3.42. The number of rotatable bonds is 3. The van der Waals surface area contributed by atoms with Crippen molar-refractivity contribution >= 4 is 38.6 Å². The van der Waals surface area contributed by atoms with E-state index in [1.54, 1.807) is 21.6 Å². The van der Waals surface area contributed by atoms with Crippen molar-refractivity contribution in [2.45, 2.75) is 4.93 Å². The zero-order chi connectivity index (χ0) is 8.32. The predicted octanol–water partition coefficient (Wildman–Crippen LogP) is 1.14. The topological polar surface area (TPSA) is 49.3 Å². The van der Waals surface area contributed by atoms with Gasteiger partial charge in [-0.25, -0.2) is 0 Å². The third-order valence-corrected chi connectivity index (χ3v) is 4.27. The zero-order valence-corrected chi connectivity index (χ0v) is 8.44. The molecule has 2 N–H and O–H groups in total. The fourth-order valence-corrected chi connectivity index (χ4v) is 3.30. The molecule has 64 valence electrons. The van der Waals surface area contributed by atoms with E-state index in [4.69, 9.17) is 0 Å². The van der Waals surface area contributed by atoms with Gasteiger partial charge in [-0.2, -0.15) is 0 Å². The fourth-order valence-electron chi connectivity index (χ4n) is 0.686. The van der Waals surface area contributed by atoms with E-state index in [0.29, 0.717) is 12.3 Å². The molecule has 0 bridgehead atoms. The molecule has 0 aromatic rings. The second kappa shape index (κ2) is 3.93. The number of β-amino-alcohol motifs (C(OH)–C–C–N with tert-alkyl or cyclic N) is 1. The van der Waals surface area contributed by atoms with Gasteiger partial charge in [-0.3, -0.25) is 4.79 Å². The van der Waals surface area contributed by atoms with E-state index < -0.39 is 4.93 Å². The van der Waals surface area contributed by atoms with Gasteiger partial charge in [0.1, 0.15) is 4.93 Å². The molecule has 1 unspecified atom stereocenters. The largest absolute Gasteiger partial charge is 0.376 e. The molecule has 1 rings (SSSR count). The van der Waals surface area contributed by atoms with Crippen LogP contribution in [0.1, 0.15) is 0 Å². The van der Waals surface area contributed by atoms with Crippen molar-refractivity contribution in [2.24, 2.45) is 0 Å². The molecule has 0 aliphatic carbocycles. The molecule has 6 heteroatoms. The number of carbonyl (C=O) groups is 1. The quantitative estimate of drug-likeness (QED) is 0.686. The Morgan fingerprint density at radius 2 is 2.64 bits per heavy atom. The van der Waals surface area contributed by atoms with Gasteiger partial charge in [0.05, 0.1) is 6.54 Å². The number of amides is 1. The fraction of sp³-hybridized carbons (Fsp3) is 0.800. The van der Waals surface area contributed by atoms with E-state index in [1.165, 1.54) is 0 Å². The number of hydrogen-bond acceptors (Lipinski definition) is 5. The van der Waals surface area contributed by atoms with Crippen LogP contribution in [0.15, 0.2) is 0 Å². The molecule has 0 aromatic heterocycles.